The molecule has 0 saturated heterocycles. The molecule has 1 saturated carbocycles. The molecule has 1 N–H and O–H groups in total. The molecule has 0 unspecified atom stereocenters. The standard InChI is InChI=1S/C16H25BrClNS/c1-12(2)19-10-9-16(6-3-4-7-16)8-5-13-11-14(18)15(17)20-13/h11-12,19H,3-10H2,1-2H3. The number of nitrogens with one attached hydrogen (secondary N) is 1. The Morgan fingerprint density at radius 2 is 2.05 bits per heavy atom. The van der Waals surface area contributed by atoms with Crippen molar-refractivity contribution in [2.45, 2.75) is 64.8 Å². The molecule has 1 nitrogen and oxygen atoms in total. The molecule has 1 aromatic rings. The topological polar surface area (TPSA) is 12.0 Å². The predicted molar refractivity (Wildman–Crippen MR) is 94.0 cm³/mol. The minimum atomic E-state index is 0.574. The largest absolute Gasteiger partial charge is 0.315 e. The van der Waals surface area contributed by atoms with Crippen molar-refractivity contribution in [1.82, 2.24) is 5.32 Å². The van der Waals surface area contributed by atoms with Crippen molar-refractivity contribution in [3.05, 3.63) is 19.8 Å². The lowest BCUT2D eigenvalue weighted by Gasteiger charge is -2.29. The van der Waals surface area contributed by atoms with E-state index in [1.165, 1.54) is 49.8 Å². The fourth-order valence-corrected chi connectivity index (χ4v) is 5.10. The van der Waals surface area contributed by atoms with E-state index in [1.807, 2.05) is 0 Å². The highest BCUT2D eigenvalue weighted by Crippen LogP contribution is 2.45. The van der Waals surface area contributed by atoms with Gasteiger partial charge in [-0.15, -0.1) is 11.3 Å². The number of hydrogen-bond acceptors (Lipinski definition) is 2. The molecule has 1 aromatic heterocycles. The molecule has 1 heterocycles. The smallest absolute Gasteiger partial charge is 0.0887 e. The van der Waals surface area contributed by atoms with Gasteiger partial charge in [0.15, 0.2) is 0 Å². The van der Waals surface area contributed by atoms with E-state index in [0.29, 0.717) is 11.5 Å². The molecular formula is C16H25BrClNS. The Morgan fingerprint density at radius 3 is 2.60 bits per heavy atom. The molecule has 0 aliphatic heterocycles. The van der Waals surface area contributed by atoms with E-state index >= 15 is 0 Å². The zero-order valence-electron chi connectivity index (χ0n) is 12.5. The van der Waals surface area contributed by atoms with Gasteiger partial charge in [0.1, 0.15) is 0 Å². The summed E-state index contributed by atoms with van der Waals surface area (Å²) in [4.78, 5) is 1.42. The van der Waals surface area contributed by atoms with E-state index in [0.717, 1.165) is 15.4 Å². The summed E-state index contributed by atoms with van der Waals surface area (Å²) < 4.78 is 1.08. The van der Waals surface area contributed by atoms with Gasteiger partial charge in [-0.3, -0.25) is 0 Å². The number of thiophene rings is 1. The molecule has 0 spiro atoms. The van der Waals surface area contributed by atoms with Gasteiger partial charge in [-0.1, -0.05) is 38.3 Å². The van der Waals surface area contributed by atoms with E-state index in [2.05, 4.69) is 41.2 Å². The van der Waals surface area contributed by atoms with Crippen LogP contribution in [0.3, 0.4) is 0 Å². The first-order valence-electron chi connectivity index (χ1n) is 7.68. The minimum absolute atomic E-state index is 0.574. The van der Waals surface area contributed by atoms with E-state index in [4.69, 9.17) is 11.6 Å². The molecule has 0 aromatic carbocycles. The van der Waals surface area contributed by atoms with Gasteiger partial charge >= 0.3 is 0 Å². The third-order valence-corrected chi connectivity index (χ3v) is 7.00. The van der Waals surface area contributed by atoms with E-state index in [-0.39, 0.29) is 0 Å². The summed E-state index contributed by atoms with van der Waals surface area (Å²) in [5, 5.41) is 4.45. The van der Waals surface area contributed by atoms with Gasteiger partial charge in [0.25, 0.3) is 0 Å². The van der Waals surface area contributed by atoms with E-state index in [1.54, 1.807) is 11.3 Å². The van der Waals surface area contributed by atoms with Gasteiger partial charge in [0.05, 0.1) is 8.81 Å². The third kappa shape index (κ3) is 4.72. The lowest BCUT2D eigenvalue weighted by atomic mass is 9.78. The van der Waals surface area contributed by atoms with Crippen LogP contribution in [0.15, 0.2) is 9.85 Å². The zero-order chi connectivity index (χ0) is 14.6. The fourth-order valence-electron chi connectivity index (χ4n) is 3.28. The number of aryl methyl sites for hydroxylation is 1. The van der Waals surface area contributed by atoms with Crippen molar-refractivity contribution in [3.63, 3.8) is 0 Å². The molecule has 1 aliphatic rings. The van der Waals surface area contributed by atoms with Crippen LogP contribution in [0.1, 0.15) is 57.2 Å². The normalized spacial score (nSPS) is 18.1. The first-order chi connectivity index (χ1) is 9.51. The Morgan fingerprint density at radius 1 is 1.35 bits per heavy atom. The first-order valence-corrected chi connectivity index (χ1v) is 9.67. The Balaban J connectivity index is 1.88. The van der Waals surface area contributed by atoms with E-state index < -0.39 is 0 Å². The molecule has 1 fully saturated rings. The van der Waals surface area contributed by atoms with Gasteiger partial charge < -0.3 is 5.32 Å². The van der Waals surface area contributed by atoms with Gasteiger partial charge in [0.2, 0.25) is 0 Å². The Kier molecular flexibility index (Phi) is 6.40. The molecule has 0 radical (unpaired) electrons. The summed E-state index contributed by atoms with van der Waals surface area (Å²) in [6.45, 7) is 5.62. The maximum atomic E-state index is 6.13. The highest BCUT2D eigenvalue weighted by atomic mass is 79.9. The molecule has 114 valence electrons. The average molecular weight is 379 g/mol. The number of rotatable bonds is 7. The number of halogens is 2. The van der Waals surface area contributed by atoms with Crippen molar-refractivity contribution in [3.8, 4) is 0 Å². The number of hydrogen-bond donors (Lipinski definition) is 1. The second-order valence-corrected chi connectivity index (χ2v) is 9.26. The highest BCUT2D eigenvalue weighted by Gasteiger charge is 2.33. The van der Waals surface area contributed by atoms with Crippen molar-refractivity contribution in [2.24, 2.45) is 5.41 Å². The maximum Gasteiger partial charge on any atom is 0.0887 e. The molecule has 2 rings (SSSR count). The molecular weight excluding hydrogens is 354 g/mol. The van der Waals surface area contributed by atoms with Gasteiger partial charge in [-0.25, -0.2) is 0 Å². The van der Waals surface area contributed by atoms with Crippen LogP contribution in [-0.2, 0) is 6.42 Å². The molecule has 4 heteroatoms. The van der Waals surface area contributed by atoms with Crippen LogP contribution in [0.4, 0.5) is 0 Å². The third-order valence-electron chi connectivity index (χ3n) is 4.47. The monoisotopic (exact) mass is 377 g/mol. The van der Waals surface area contributed by atoms with Gasteiger partial charge in [0, 0.05) is 10.9 Å². The maximum absolute atomic E-state index is 6.13. The Labute approximate surface area is 140 Å². The lowest BCUT2D eigenvalue weighted by molar-refractivity contribution is 0.243. The van der Waals surface area contributed by atoms with Crippen LogP contribution >= 0.6 is 38.9 Å². The fraction of sp³-hybridized carbons (Fsp3) is 0.750. The van der Waals surface area contributed by atoms with Crippen molar-refractivity contribution < 1.29 is 0 Å². The van der Waals surface area contributed by atoms with Crippen LogP contribution in [-0.4, -0.2) is 12.6 Å². The van der Waals surface area contributed by atoms with Crippen LogP contribution < -0.4 is 5.32 Å². The Hall–Kier alpha value is 0.430. The summed E-state index contributed by atoms with van der Waals surface area (Å²) in [6.07, 6.45) is 9.46. The summed E-state index contributed by atoms with van der Waals surface area (Å²) in [6, 6.07) is 2.73. The highest BCUT2D eigenvalue weighted by molar-refractivity contribution is 9.11. The zero-order valence-corrected chi connectivity index (χ0v) is 15.6. The molecule has 0 amide bonds. The quantitative estimate of drug-likeness (QED) is 0.609. The van der Waals surface area contributed by atoms with Crippen molar-refractivity contribution >= 4 is 38.9 Å². The van der Waals surface area contributed by atoms with Crippen LogP contribution in [0.25, 0.3) is 0 Å². The minimum Gasteiger partial charge on any atom is -0.315 e. The first kappa shape index (κ1) is 16.8. The predicted octanol–water partition coefficient (Wildman–Crippen LogP) is 6.05. The molecule has 20 heavy (non-hydrogen) atoms. The molecule has 0 atom stereocenters. The van der Waals surface area contributed by atoms with Gasteiger partial charge in [-0.05, 0) is 66.1 Å². The second-order valence-electron chi connectivity index (χ2n) is 6.40. The van der Waals surface area contributed by atoms with Crippen LogP contribution in [0, 0.1) is 5.41 Å². The Bertz CT molecular complexity index is 405. The second kappa shape index (κ2) is 7.62. The summed E-state index contributed by atoms with van der Waals surface area (Å²) in [5.74, 6) is 0. The van der Waals surface area contributed by atoms with Crippen LogP contribution in [0.2, 0.25) is 5.02 Å². The van der Waals surface area contributed by atoms with E-state index in [9.17, 15) is 0 Å². The summed E-state index contributed by atoms with van der Waals surface area (Å²) >= 11 is 11.4. The van der Waals surface area contributed by atoms with Gasteiger partial charge in [-0.2, -0.15) is 0 Å². The van der Waals surface area contributed by atoms with Crippen molar-refractivity contribution in [2.75, 3.05) is 6.54 Å². The molecule has 1 aliphatic carbocycles. The van der Waals surface area contributed by atoms with Crippen molar-refractivity contribution in [1.29, 1.82) is 0 Å². The lowest BCUT2D eigenvalue weighted by Crippen LogP contribution is -2.29. The SMILES string of the molecule is CC(C)NCCC1(CCc2cc(Cl)c(Br)s2)CCCC1. The summed E-state index contributed by atoms with van der Waals surface area (Å²) in [7, 11) is 0. The van der Waals surface area contributed by atoms with Crippen LogP contribution in [0.5, 0.6) is 0 Å². The average Bonchev–Trinajstić information content (AvgIpc) is 2.96. The molecule has 0 bridgehead atoms. The summed E-state index contributed by atoms with van der Waals surface area (Å²) in [5.41, 5.74) is 0.574.